The molecule has 0 amide bonds. The van der Waals surface area contributed by atoms with Crippen molar-refractivity contribution >= 4 is 28.0 Å². The van der Waals surface area contributed by atoms with Crippen LogP contribution in [-0.2, 0) is 26.0 Å². The highest BCUT2D eigenvalue weighted by atomic mass is 32.2. The van der Waals surface area contributed by atoms with Gasteiger partial charge in [-0.15, -0.1) is 0 Å². The summed E-state index contributed by atoms with van der Waals surface area (Å²) >= 11 is 0. The molecule has 1 aromatic carbocycles. The Hall–Kier alpha value is -3.15. The van der Waals surface area contributed by atoms with Crippen molar-refractivity contribution in [2.45, 2.75) is 57.1 Å². The quantitative estimate of drug-likeness (QED) is 0.400. The minimum Gasteiger partial charge on any atom is -0.484 e. The Morgan fingerprint density at radius 2 is 1.85 bits per heavy atom. The first-order valence-corrected chi connectivity index (χ1v) is 11.6. The second-order valence-corrected chi connectivity index (χ2v) is 9.01. The van der Waals surface area contributed by atoms with Gasteiger partial charge in [-0.05, 0) is 45.9 Å². The number of alkyl halides is 3. The van der Waals surface area contributed by atoms with Gasteiger partial charge in [0, 0.05) is 11.8 Å². The normalized spacial score (nSPS) is 13.6. The Bertz CT molecular complexity index is 1200. The minimum absolute atomic E-state index is 0.000889. The molecule has 34 heavy (non-hydrogen) atoms. The summed E-state index contributed by atoms with van der Waals surface area (Å²) in [6, 6.07) is 8.31. The average Bonchev–Trinajstić information content (AvgIpc) is 3.13. The Morgan fingerprint density at radius 3 is 2.53 bits per heavy atom. The number of carbonyl (C=O) groups is 1. The fourth-order valence-electron chi connectivity index (χ4n) is 3.16. The number of imidazole rings is 1. The summed E-state index contributed by atoms with van der Waals surface area (Å²) in [5.74, 6) is -0.136. The van der Waals surface area contributed by atoms with Crippen molar-refractivity contribution in [3.63, 3.8) is 0 Å². The highest BCUT2D eigenvalue weighted by Crippen LogP contribution is 2.28. The summed E-state index contributed by atoms with van der Waals surface area (Å²) in [5.41, 5.74) is 1.75. The lowest BCUT2D eigenvalue weighted by Crippen LogP contribution is -2.21. The van der Waals surface area contributed by atoms with Crippen molar-refractivity contribution in [2.24, 2.45) is 0 Å². The van der Waals surface area contributed by atoms with Crippen LogP contribution in [0, 0.1) is 6.92 Å². The molecule has 0 saturated heterocycles. The van der Waals surface area contributed by atoms with Gasteiger partial charge < -0.3 is 14.2 Å². The van der Waals surface area contributed by atoms with E-state index < -0.39 is 36.0 Å². The number of nitrogens with zero attached hydrogens (tertiary/aromatic N) is 3. The van der Waals surface area contributed by atoms with E-state index in [1.807, 2.05) is 0 Å². The van der Waals surface area contributed by atoms with E-state index in [1.54, 1.807) is 52.0 Å². The molecule has 0 aliphatic rings. The molecule has 3 aromatic rings. The topological polar surface area (TPSA) is 92.5 Å². The smallest absolute Gasteiger partial charge is 0.484 e. The molecule has 2 heterocycles. The van der Waals surface area contributed by atoms with Crippen molar-refractivity contribution in [3.05, 3.63) is 47.8 Å². The van der Waals surface area contributed by atoms with Crippen molar-refractivity contribution in [1.82, 2.24) is 14.5 Å². The third-order valence-corrected chi connectivity index (χ3v) is 5.88. The average molecular weight is 500 g/mol. The maximum absolute atomic E-state index is 13.3. The van der Waals surface area contributed by atoms with E-state index in [0.29, 0.717) is 22.3 Å². The molecular weight excluding hydrogens is 475 g/mol. The van der Waals surface area contributed by atoms with Crippen molar-refractivity contribution in [2.75, 3.05) is 6.61 Å². The Morgan fingerprint density at radius 1 is 1.15 bits per heavy atom. The number of para-hydroxylation sites is 2. The van der Waals surface area contributed by atoms with Crippen LogP contribution in [0.5, 0.6) is 5.75 Å². The molecule has 0 aliphatic carbocycles. The van der Waals surface area contributed by atoms with Gasteiger partial charge in [0.15, 0.2) is 12.8 Å². The first-order valence-electron chi connectivity index (χ1n) is 10.3. The van der Waals surface area contributed by atoms with E-state index in [1.165, 1.54) is 16.8 Å². The number of ether oxygens (including phenoxy) is 3. The van der Waals surface area contributed by atoms with E-state index in [-0.39, 0.29) is 22.8 Å². The maximum Gasteiger partial charge on any atom is 0.510 e. The van der Waals surface area contributed by atoms with Gasteiger partial charge in [0.2, 0.25) is 5.16 Å². The van der Waals surface area contributed by atoms with Gasteiger partial charge in [-0.1, -0.05) is 12.1 Å². The molecular formula is C22H24F3N3O5S. The van der Waals surface area contributed by atoms with Crippen LogP contribution in [0.2, 0.25) is 0 Å². The molecule has 0 spiro atoms. The van der Waals surface area contributed by atoms with Crippen LogP contribution >= 0.6 is 0 Å². The standard InChI is InChI=1S/C22H24F3N3O5S/c1-13(2)32-21(29)33-15(4)28-18-8-6-5-7-16(18)27-20(28)34(30)11-17-14(3)19(9-10-26-17)31-12-22(23,24)25/h5-10,13,15H,11-12H2,1-4H3. The fourth-order valence-corrected chi connectivity index (χ4v) is 4.49. The van der Waals surface area contributed by atoms with Crippen LogP contribution in [0.4, 0.5) is 18.0 Å². The Kier molecular flexibility index (Phi) is 7.80. The zero-order valence-corrected chi connectivity index (χ0v) is 19.8. The number of fused-ring (bicyclic) bond motifs is 1. The van der Waals surface area contributed by atoms with Crippen LogP contribution in [0.25, 0.3) is 11.0 Å². The van der Waals surface area contributed by atoms with Crippen LogP contribution in [-0.4, -0.2) is 43.8 Å². The maximum atomic E-state index is 13.3. The lowest BCUT2D eigenvalue weighted by molar-refractivity contribution is -0.153. The molecule has 184 valence electrons. The van der Waals surface area contributed by atoms with Gasteiger partial charge in [-0.3, -0.25) is 13.8 Å². The van der Waals surface area contributed by atoms with Gasteiger partial charge in [-0.25, -0.2) is 9.78 Å². The Balaban J connectivity index is 1.90. The minimum atomic E-state index is -4.49. The molecule has 2 aromatic heterocycles. The number of hydrogen-bond acceptors (Lipinski definition) is 7. The molecule has 3 rings (SSSR count). The third-order valence-electron chi connectivity index (χ3n) is 4.65. The van der Waals surface area contributed by atoms with Gasteiger partial charge in [0.1, 0.15) is 5.75 Å². The van der Waals surface area contributed by atoms with Gasteiger partial charge in [-0.2, -0.15) is 13.2 Å². The van der Waals surface area contributed by atoms with Crippen LogP contribution in [0.3, 0.4) is 0 Å². The zero-order chi connectivity index (χ0) is 25.0. The number of hydrogen-bond donors (Lipinski definition) is 0. The third kappa shape index (κ3) is 6.25. The first-order chi connectivity index (χ1) is 16.0. The summed E-state index contributed by atoms with van der Waals surface area (Å²) < 4.78 is 67.7. The first kappa shape index (κ1) is 25.5. The number of halogens is 3. The second-order valence-electron chi connectivity index (χ2n) is 7.66. The molecule has 0 N–H and O–H groups in total. The number of aromatic nitrogens is 3. The van der Waals surface area contributed by atoms with Crippen molar-refractivity contribution in [1.29, 1.82) is 0 Å². The summed E-state index contributed by atoms with van der Waals surface area (Å²) in [6.45, 7) is 5.05. The zero-order valence-electron chi connectivity index (χ0n) is 19.0. The summed E-state index contributed by atoms with van der Waals surface area (Å²) in [5, 5.41) is 0.119. The Labute approximate surface area is 196 Å². The number of pyridine rings is 1. The van der Waals surface area contributed by atoms with Gasteiger partial charge in [0.05, 0.1) is 39.4 Å². The van der Waals surface area contributed by atoms with Crippen LogP contribution < -0.4 is 4.74 Å². The molecule has 0 saturated carbocycles. The summed E-state index contributed by atoms with van der Waals surface area (Å²) in [7, 11) is -1.78. The van der Waals surface area contributed by atoms with Gasteiger partial charge >= 0.3 is 12.3 Å². The molecule has 0 radical (unpaired) electrons. The van der Waals surface area contributed by atoms with E-state index >= 15 is 0 Å². The summed E-state index contributed by atoms with van der Waals surface area (Å²) in [4.78, 5) is 20.6. The number of benzene rings is 1. The monoisotopic (exact) mass is 499 g/mol. The van der Waals surface area contributed by atoms with E-state index in [0.717, 1.165) is 0 Å². The van der Waals surface area contributed by atoms with Crippen molar-refractivity contribution in [3.8, 4) is 5.75 Å². The molecule has 0 bridgehead atoms. The number of rotatable bonds is 8. The highest BCUT2D eigenvalue weighted by Gasteiger charge is 2.29. The van der Waals surface area contributed by atoms with Crippen molar-refractivity contribution < 1.29 is 36.4 Å². The summed E-state index contributed by atoms with van der Waals surface area (Å²) in [6.07, 6.45) is -5.36. The lowest BCUT2D eigenvalue weighted by atomic mass is 10.2. The molecule has 12 heteroatoms. The van der Waals surface area contributed by atoms with Crippen LogP contribution in [0.15, 0.2) is 41.7 Å². The number of carbonyl (C=O) groups excluding carboxylic acids is 1. The lowest BCUT2D eigenvalue weighted by Gasteiger charge is -2.18. The molecule has 0 fully saturated rings. The highest BCUT2D eigenvalue weighted by molar-refractivity contribution is 7.84. The predicted octanol–water partition coefficient (Wildman–Crippen LogP) is 5.07. The molecule has 0 aliphatic heterocycles. The molecule has 8 nitrogen and oxygen atoms in total. The molecule has 2 atom stereocenters. The van der Waals surface area contributed by atoms with E-state index in [2.05, 4.69) is 9.97 Å². The molecule has 2 unspecified atom stereocenters. The SMILES string of the molecule is Cc1c(OCC(F)(F)F)ccnc1CS(=O)c1nc2ccccc2n1C(C)OC(=O)OC(C)C. The van der Waals surface area contributed by atoms with E-state index in [4.69, 9.17) is 14.2 Å². The largest absolute Gasteiger partial charge is 0.510 e. The van der Waals surface area contributed by atoms with Gasteiger partial charge in [0.25, 0.3) is 0 Å². The van der Waals surface area contributed by atoms with Crippen LogP contribution in [0.1, 0.15) is 38.3 Å². The van der Waals surface area contributed by atoms with E-state index in [9.17, 15) is 22.2 Å². The second kappa shape index (κ2) is 10.4. The fraction of sp³-hybridized carbons (Fsp3) is 0.409. The predicted molar refractivity (Wildman–Crippen MR) is 118 cm³/mol.